The lowest BCUT2D eigenvalue weighted by Gasteiger charge is -2.29. The van der Waals surface area contributed by atoms with Gasteiger partial charge in [0, 0.05) is 6.20 Å². The van der Waals surface area contributed by atoms with Gasteiger partial charge in [-0.1, -0.05) is 13.8 Å². The van der Waals surface area contributed by atoms with Gasteiger partial charge >= 0.3 is 19.3 Å². The fourth-order valence-corrected chi connectivity index (χ4v) is 3.51. The summed E-state index contributed by atoms with van der Waals surface area (Å²) in [5, 5.41) is 0. The molecule has 0 amide bonds. The van der Waals surface area contributed by atoms with E-state index in [1.807, 2.05) is 0 Å². The standard InChI is InChI=1S/C15H25N4O7P/c1-10(2)13(17)14(20)23-5-6-25-27(22)9-24-11(8-26-27)7-19-4-3-12(16)18-15(19)21/h3-4,10-11,13H,5-9,17H2,1-2H3,(H2,16,18,21)/t11-,13?,27?/m1/s1. The highest BCUT2D eigenvalue weighted by molar-refractivity contribution is 7.53. The lowest BCUT2D eigenvalue weighted by atomic mass is 10.1. The van der Waals surface area contributed by atoms with Crippen LogP contribution in [0.1, 0.15) is 13.8 Å². The highest BCUT2D eigenvalue weighted by Gasteiger charge is 2.33. The second-order valence-electron chi connectivity index (χ2n) is 6.38. The summed E-state index contributed by atoms with van der Waals surface area (Å²) in [5.74, 6) is -0.465. The third-order valence-electron chi connectivity index (χ3n) is 3.83. The minimum Gasteiger partial charge on any atom is -0.462 e. The van der Waals surface area contributed by atoms with Crippen molar-refractivity contribution >= 4 is 19.4 Å². The Morgan fingerprint density at radius 2 is 2.22 bits per heavy atom. The second kappa shape index (κ2) is 9.43. The first-order valence-corrected chi connectivity index (χ1v) is 10.2. The number of aromatic nitrogens is 2. The first kappa shape index (κ1) is 21.5. The molecule has 3 atom stereocenters. The van der Waals surface area contributed by atoms with Crippen molar-refractivity contribution < 1.29 is 27.9 Å². The van der Waals surface area contributed by atoms with Crippen LogP contribution in [-0.4, -0.2) is 53.8 Å². The number of hydrogen-bond donors (Lipinski definition) is 2. The van der Waals surface area contributed by atoms with E-state index < -0.39 is 31.4 Å². The molecule has 2 heterocycles. The summed E-state index contributed by atoms with van der Waals surface area (Å²) in [6.45, 7) is 3.56. The van der Waals surface area contributed by atoms with Gasteiger partial charge in [-0.25, -0.2) is 4.79 Å². The third-order valence-corrected chi connectivity index (χ3v) is 5.41. The van der Waals surface area contributed by atoms with Crippen LogP contribution < -0.4 is 17.2 Å². The van der Waals surface area contributed by atoms with Crippen LogP contribution in [0.25, 0.3) is 0 Å². The Labute approximate surface area is 156 Å². The van der Waals surface area contributed by atoms with E-state index in [2.05, 4.69) is 4.98 Å². The molecule has 0 radical (unpaired) electrons. The van der Waals surface area contributed by atoms with Crippen molar-refractivity contribution in [1.82, 2.24) is 9.55 Å². The summed E-state index contributed by atoms with van der Waals surface area (Å²) < 4.78 is 34.6. The summed E-state index contributed by atoms with van der Waals surface area (Å²) in [6, 6.07) is 0.772. The van der Waals surface area contributed by atoms with Gasteiger partial charge in [-0.2, -0.15) is 4.98 Å². The lowest BCUT2D eigenvalue weighted by Crippen LogP contribution is -2.37. The van der Waals surface area contributed by atoms with E-state index in [0.29, 0.717) is 0 Å². The summed E-state index contributed by atoms with van der Waals surface area (Å²) >= 11 is 0. The Bertz CT molecular complexity index is 742. The van der Waals surface area contributed by atoms with Crippen molar-refractivity contribution in [3.8, 4) is 0 Å². The second-order valence-corrected chi connectivity index (χ2v) is 8.38. The molecule has 0 aromatic carbocycles. The number of rotatable bonds is 8. The van der Waals surface area contributed by atoms with E-state index >= 15 is 0 Å². The van der Waals surface area contributed by atoms with Gasteiger partial charge in [-0.05, 0) is 12.0 Å². The largest absolute Gasteiger partial charge is 0.462 e. The van der Waals surface area contributed by atoms with Gasteiger partial charge in [0.2, 0.25) is 0 Å². The molecular weight excluding hydrogens is 379 g/mol. The molecule has 0 saturated carbocycles. The van der Waals surface area contributed by atoms with Crippen LogP contribution in [0.5, 0.6) is 0 Å². The van der Waals surface area contributed by atoms with Gasteiger partial charge in [-0.15, -0.1) is 0 Å². The van der Waals surface area contributed by atoms with Crippen LogP contribution in [0.2, 0.25) is 0 Å². The van der Waals surface area contributed by atoms with E-state index in [0.717, 1.165) is 0 Å². The van der Waals surface area contributed by atoms with Crippen LogP contribution in [0.3, 0.4) is 0 Å². The van der Waals surface area contributed by atoms with Gasteiger partial charge in [0.15, 0.2) is 0 Å². The first-order valence-electron chi connectivity index (χ1n) is 8.45. The lowest BCUT2D eigenvalue weighted by molar-refractivity contribution is -0.147. The number of carbonyl (C=O) groups is 1. The Kier molecular flexibility index (Phi) is 7.51. The fourth-order valence-electron chi connectivity index (χ4n) is 2.15. The van der Waals surface area contributed by atoms with E-state index in [9.17, 15) is 14.2 Å². The minimum atomic E-state index is -3.45. The molecule has 1 aromatic rings. The zero-order valence-electron chi connectivity index (χ0n) is 15.3. The SMILES string of the molecule is CC(C)C(N)C(=O)OCCOP1(=O)CO[C@H](Cn2ccc(N)nc2=O)CO1. The van der Waals surface area contributed by atoms with Gasteiger partial charge in [-0.3, -0.25) is 13.9 Å². The number of nitrogen functional groups attached to an aromatic ring is 1. The zero-order chi connectivity index (χ0) is 20.0. The van der Waals surface area contributed by atoms with Crippen LogP contribution in [0.15, 0.2) is 17.1 Å². The van der Waals surface area contributed by atoms with Crippen molar-refractivity contribution in [2.24, 2.45) is 11.7 Å². The number of nitrogens with two attached hydrogens (primary N) is 2. The Balaban J connectivity index is 1.73. The van der Waals surface area contributed by atoms with Gasteiger partial charge in [0.05, 0.1) is 19.8 Å². The quantitative estimate of drug-likeness (QED) is 0.341. The van der Waals surface area contributed by atoms with Gasteiger partial charge in [0.1, 0.15) is 30.9 Å². The molecule has 27 heavy (non-hydrogen) atoms. The summed E-state index contributed by atoms with van der Waals surface area (Å²) in [5.41, 5.74) is 10.6. The van der Waals surface area contributed by atoms with Gasteiger partial charge < -0.3 is 30.0 Å². The molecule has 2 unspecified atom stereocenters. The Hall–Kier alpha value is -1.78. The molecule has 1 fully saturated rings. The predicted octanol–water partition coefficient (Wildman–Crippen LogP) is -0.0654. The fraction of sp³-hybridized carbons (Fsp3) is 0.667. The molecule has 1 aromatic heterocycles. The Morgan fingerprint density at radius 3 is 2.81 bits per heavy atom. The maximum Gasteiger partial charge on any atom is 0.356 e. The number of esters is 1. The summed E-state index contributed by atoms with van der Waals surface area (Å²) in [7, 11) is -3.45. The number of carbonyl (C=O) groups excluding carboxylic acids is 1. The molecule has 1 aliphatic rings. The number of hydrogen-bond acceptors (Lipinski definition) is 10. The van der Waals surface area contributed by atoms with Crippen molar-refractivity contribution in [3.63, 3.8) is 0 Å². The number of ether oxygens (including phenoxy) is 2. The van der Waals surface area contributed by atoms with E-state index in [4.69, 9.17) is 30.0 Å². The molecular formula is C15H25N4O7P. The zero-order valence-corrected chi connectivity index (χ0v) is 16.2. The molecule has 11 nitrogen and oxygen atoms in total. The summed E-state index contributed by atoms with van der Waals surface area (Å²) in [4.78, 5) is 26.9. The highest BCUT2D eigenvalue weighted by Crippen LogP contribution is 2.50. The molecule has 152 valence electrons. The van der Waals surface area contributed by atoms with Crippen molar-refractivity contribution in [3.05, 3.63) is 22.7 Å². The maximum absolute atomic E-state index is 12.4. The normalized spacial score (nSPS) is 23.9. The van der Waals surface area contributed by atoms with E-state index in [-0.39, 0.29) is 44.4 Å². The highest BCUT2D eigenvalue weighted by atomic mass is 31.2. The molecule has 2 rings (SSSR count). The van der Waals surface area contributed by atoms with Crippen LogP contribution in [0, 0.1) is 5.92 Å². The molecule has 4 N–H and O–H groups in total. The maximum atomic E-state index is 12.4. The van der Waals surface area contributed by atoms with Crippen molar-refractivity contribution in [2.75, 3.05) is 31.9 Å². The monoisotopic (exact) mass is 404 g/mol. The molecule has 12 heteroatoms. The van der Waals surface area contributed by atoms with Crippen LogP contribution >= 0.6 is 7.60 Å². The minimum absolute atomic E-state index is 0.0217. The third kappa shape index (κ3) is 6.40. The Morgan fingerprint density at radius 1 is 1.48 bits per heavy atom. The van der Waals surface area contributed by atoms with E-state index in [1.165, 1.54) is 16.8 Å². The van der Waals surface area contributed by atoms with E-state index in [1.54, 1.807) is 13.8 Å². The first-order chi connectivity index (χ1) is 12.7. The smallest absolute Gasteiger partial charge is 0.356 e. The van der Waals surface area contributed by atoms with Crippen LogP contribution in [0.4, 0.5) is 5.82 Å². The average Bonchev–Trinajstić information content (AvgIpc) is 2.62. The van der Waals surface area contributed by atoms with Crippen molar-refractivity contribution in [2.45, 2.75) is 32.5 Å². The molecule has 0 spiro atoms. The van der Waals surface area contributed by atoms with Crippen molar-refractivity contribution in [1.29, 1.82) is 0 Å². The summed E-state index contributed by atoms with van der Waals surface area (Å²) in [6.07, 6.45) is 0.740. The average molecular weight is 404 g/mol. The van der Waals surface area contributed by atoms with Crippen LogP contribution in [-0.2, 0) is 34.4 Å². The molecule has 1 saturated heterocycles. The molecule has 0 bridgehead atoms. The predicted molar refractivity (Wildman–Crippen MR) is 95.9 cm³/mol. The molecule has 1 aliphatic heterocycles. The molecule has 0 aliphatic carbocycles. The topological polar surface area (TPSA) is 158 Å². The number of nitrogens with zero attached hydrogens (tertiary/aromatic N) is 2. The van der Waals surface area contributed by atoms with Gasteiger partial charge in [0.25, 0.3) is 0 Å². The number of anilines is 1.